The maximum Gasteiger partial charge on any atom is 0.254 e. The third-order valence-electron chi connectivity index (χ3n) is 5.53. The van der Waals surface area contributed by atoms with Gasteiger partial charge in [-0.3, -0.25) is 14.5 Å². The van der Waals surface area contributed by atoms with E-state index in [4.69, 9.17) is 5.26 Å². The number of piperazine rings is 1. The van der Waals surface area contributed by atoms with Crippen LogP contribution in [-0.2, 0) is 14.8 Å². The first-order valence-electron chi connectivity index (χ1n) is 9.21. The molecule has 1 aromatic rings. The summed E-state index contributed by atoms with van der Waals surface area (Å²) in [6.07, 6.45) is 1.76. The van der Waals surface area contributed by atoms with Crippen molar-refractivity contribution < 1.29 is 18.0 Å². The Balaban J connectivity index is 1.71. The first kappa shape index (κ1) is 20.5. The number of nitriles is 1. The zero-order chi connectivity index (χ0) is 20.5. The number of Topliss-reactive ketones (excluding diaryl/α,β-unsaturated/α-hetero) is 1. The Morgan fingerprint density at radius 2 is 1.71 bits per heavy atom. The number of carbonyl (C=O) groups excluding carboxylic acids is 2. The molecule has 150 valence electrons. The van der Waals surface area contributed by atoms with E-state index in [1.54, 1.807) is 29.2 Å². The van der Waals surface area contributed by atoms with Crippen LogP contribution in [0.4, 0.5) is 0 Å². The lowest BCUT2D eigenvalue weighted by Gasteiger charge is -2.36. The van der Waals surface area contributed by atoms with Crippen LogP contribution in [-0.4, -0.2) is 85.3 Å². The van der Waals surface area contributed by atoms with Crippen molar-refractivity contribution >= 4 is 21.7 Å². The van der Waals surface area contributed by atoms with Crippen molar-refractivity contribution in [2.45, 2.75) is 25.4 Å². The highest BCUT2D eigenvalue weighted by molar-refractivity contribution is 7.88. The van der Waals surface area contributed by atoms with Gasteiger partial charge in [0.1, 0.15) is 0 Å². The predicted molar refractivity (Wildman–Crippen MR) is 103 cm³/mol. The molecule has 9 heteroatoms. The Hall–Kier alpha value is -2.28. The van der Waals surface area contributed by atoms with Crippen molar-refractivity contribution in [2.24, 2.45) is 0 Å². The second kappa shape index (κ2) is 7.99. The smallest absolute Gasteiger partial charge is 0.254 e. The molecule has 2 saturated heterocycles. The minimum Gasteiger partial charge on any atom is -0.327 e. The van der Waals surface area contributed by atoms with E-state index in [0.717, 1.165) is 0 Å². The fourth-order valence-corrected chi connectivity index (χ4v) is 4.77. The van der Waals surface area contributed by atoms with Gasteiger partial charge in [-0.2, -0.15) is 9.57 Å². The van der Waals surface area contributed by atoms with Crippen LogP contribution in [0.15, 0.2) is 24.3 Å². The molecule has 28 heavy (non-hydrogen) atoms. The Morgan fingerprint density at radius 1 is 1.11 bits per heavy atom. The molecule has 1 amide bonds. The Labute approximate surface area is 165 Å². The number of sulfonamides is 1. The van der Waals surface area contributed by atoms with Crippen molar-refractivity contribution in [2.75, 3.05) is 39.0 Å². The highest BCUT2D eigenvalue weighted by atomic mass is 32.2. The van der Waals surface area contributed by atoms with Crippen molar-refractivity contribution in [1.29, 1.82) is 5.26 Å². The molecule has 1 aromatic carbocycles. The zero-order valence-corrected chi connectivity index (χ0v) is 16.9. The Morgan fingerprint density at radius 3 is 2.21 bits per heavy atom. The SMILES string of the molecule is CC(=O)C1CC(N2CCN(S(C)(=O)=O)CC2)CN1C(=O)c1ccc(C#N)cc1. The Bertz CT molecular complexity index is 899. The lowest BCUT2D eigenvalue weighted by Crippen LogP contribution is -2.52. The van der Waals surface area contributed by atoms with Gasteiger partial charge in [-0.1, -0.05) is 0 Å². The molecule has 0 saturated carbocycles. The van der Waals surface area contributed by atoms with Gasteiger partial charge in [0.25, 0.3) is 5.91 Å². The van der Waals surface area contributed by atoms with E-state index in [0.29, 0.717) is 50.3 Å². The van der Waals surface area contributed by atoms with Gasteiger partial charge in [-0.25, -0.2) is 8.42 Å². The zero-order valence-electron chi connectivity index (χ0n) is 16.0. The number of amides is 1. The number of hydrogen-bond acceptors (Lipinski definition) is 6. The monoisotopic (exact) mass is 404 g/mol. The molecule has 2 fully saturated rings. The van der Waals surface area contributed by atoms with Crippen molar-refractivity contribution in [1.82, 2.24) is 14.1 Å². The maximum absolute atomic E-state index is 13.0. The van der Waals surface area contributed by atoms with Crippen LogP contribution in [0.5, 0.6) is 0 Å². The number of carbonyl (C=O) groups is 2. The summed E-state index contributed by atoms with van der Waals surface area (Å²) in [5.41, 5.74) is 0.926. The standard InChI is InChI=1S/C19H24N4O4S/c1-14(24)18-11-17(21-7-9-22(10-8-21)28(2,26)27)13-23(18)19(25)16-5-3-15(12-20)4-6-16/h3-6,17-18H,7-11,13H2,1-2H3. The van der Waals surface area contributed by atoms with E-state index >= 15 is 0 Å². The van der Waals surface area contributed by atoms with Gasteiger partial charge < -0.3 is 4.90 Å². The topological polar surface area (TPSA) is 102 Å². The first-order chi connectivity index (χ1) is 13.2. The highest BCUT2D eigenvalue weighted by Gasteiger charge is 2.41. The summed E-state index contributed by atoms with van der Waals surface area (Å²) in [6, 6.07) is 7.96. The van der Waals surface area contributed by atoms with Gasteiger partial charge in [0.15, 0.2) is 5.78 Å². The van der Waals surface area contributed by atoms with Crippen molar-refractivity contribution in [3.05, 3.63) is 35.4 Å². The summed E-state index contributed by atoms with van der Waals surface area (Å²) in [4.78, 5) is 28.9. The van der Waals surface area contributed by atoms with Gasteiger partial charge in [-0.05, 0) is 37.6 Å². The molecule has 2 heterocycles. The lowest BCUT2D eigenvalue weighted by molar-refractivity contribution is -0.120. The van der Waals surface area contributed by atoms with Gasteiger partial charge in [0.2, 0.25) is 10.0 Å². The number of nitrogens with zero attached hydrogens (tertiary/aromatic N) is 4. The van der Waals surface area contributed by atoms with Crippen molar-refractivity contribution in [3.8, 4) is 6.07 Å². The summed E-state index contributed by atoms with van der Waals surface area (Å²) in [6.45, 7) is 3.94. The number of hydrogen-bond donors (Lipinski definition) is 0. The van der Waals surface area contributed by atoms with Gasteiger partial charge in [-0.15, -0.1) is 0 Å². The van der Waals surface area contributed by atoms with Gasteiger partial charge in [0.05, 0.1) is 23.9 Å². The third-order valence-corrected chi connectivity index (χ3v) is 6.83. The second-order valence-corrected chi connectivity index (χ2v) is 9.34. The molecule has 2 atom stereocenters. The quantitative estimate of drug-likeness (QED) is 0.716. The molecule has 3 rings (SSSR count). The molecule has 2 unspecified atom stereocenters. The predicted octanol–water partition coefficient (Wildman–Crippen LogP) is 0.308. The van der Waals surface area contributed by atoms with E-state index in [-0.39, 0.29) is 17.7 Å². The van der Waals surface area contributed by atoms with Gasteiger partial charge in [0, 0.05) is 44.3 Å². The third kappa shape index (κ3) is 4.24. The maximum atomic E-state index is 13.0. The average molecular weight is 404 g/mol. The summed E-state index contributed by atoms with van der Waals surface area (Å²) >= 11 is 0. The molecule has 0 N–H and O–H groups in total. The van der Waals surface area contributed by atoms with Crippen LogP contribution in [0.2, 0.25) is 0 Å². The van der Waals surface area contributed by atoms with Crippen LogP contribution in [0.3, 0.4) is 0 Å². The van der Waals surface area contributed by atoms with Gasteiger partial charge >= 0.3 is 0 Å². The van der Waals surface area contributed by atoms with Crippen LogP contribution in [0, 0.1) is 11.3 Å². The molecule has 0 radical (unpaired) electrons. The summed E-state index contributed by atoms with van der Waals surface area (Å²) in [5, 5.41) is 8.90. The van der Waals surface area contributed by atoms with E-state index < -0.39 is 16.1 Å². The highest BCUT2D eigenvalue weighted by Crippen LogP contribution is 2.26. The van der Waals surface area contributed by atoms with E-state index in [9.17, 15) is 18.0 Å². The average Bonchev–Trinajstić information content (AvgIpc) is 3.13. The summed E-state index contributed by atoms with van der Waals surface area (Å²) in [5.74, 6) is -0.277. The lowest BCUT2D eigenvalue weighted by atomic mass is 10.1. The molecule has 2 aliphatic heterocycles. The molecule has 0 spiro atoms. The fraction of sp³-hybridized carbons (Fsp3) is 0.526. The molecule has 2 aliphatic rings. The molecular formula is C19H24N4O4S. The molecule has 0 bridgehead atoms. The van der Waals surface area contributed by atoms with Crippen LogP contribution in [0.25, 0.3) is 0 Å². The molecule has 8 nitrogen and oxygen atoms in total. The minimum atomic E-state index is -3.20. The molecule has 0 aliphatic carbocycles. The van der Waals surface area contributed by atoms with E-state index in [2.05, 4.69) is 4.90 Å². The van der Waals surface area contributed by atoms with Crippen LogP contribution >= 0.6 is 0 Å². The van der Waals surface area contributed by atoms with Crippen molar-refractivity contribution in [3.63, 3.8) is 0 Å². The van der Waals surface area contributed by atoms with Crippen LogP contribution < -0.4 is 0 Å². The van der Waals surface area contributed by atoms with E-state index in [1.165, 1.54) is 17.5 Å². The molecular weight excluding hydrogens is 380 g/mol. The van der Waals surface area contributed by atoms with Crippen LogP contribution in [0.1, 0.15) is 29.3 Å². The summed E-state index contributed by atoms with van der Waals surface area (Å²) < 4.78 is 24.8. The summed E-state index contributed by atoms with van der Waals surface area (Å²) in [7, 11) is -3.20. The number of rotatable bonds is 4. The number of likely N-dealkylation sites (tertiary alicyclic amines) is 1. The fourth-order valence-electron chi connectivity index (χ4n) is 3.94. The van der Waals surface area contributed by atoms with E-state index in [1.807, 2.05) is 6.07 Å². The number of benzene rings is 1. The molecule has 0 aromatic heterocycles. The largest absolute Gasteiger partial charge is 0.327 e. The normalized spacial score (nSPS) is 24.1. The number of ketones is 1. The Kier molecular flexibility index (Phi) is 5.84. The second-order valence-electron chi connectivity index (χ2n) is 7.36. The minimum absolute atomic E-state index is 0.0259. The first-order valence-corrected chi connectivity index (χ1v) is 11.1.